The fourth-order valence-electron chi connectivity index (χ4n) is 4.83. The van der Waals surface area contributed by atoms with E-state index in [2.05, 4.69) is 50.2 Å². The first-order valence-corrected chi connectivity index (χ1v) is 12.7. The molecule has 35 heavy (non-hydrogen) atoms. The van der Waals surface area contributed by atoms with E-state index in [4.69, 9.17) is 0 Å². The van der Waals surface area contributed by atoms with E-state index < -0.39 is 17.1 Å². The maximum Gasteiger partial charge on any atom is 0.294 e. The van der Waals surface area contributed by atoms with Gasteiger partial charge in [0, 0.05) is 24.0 Å². The predicted octanol–water partition coefficient (Wildman–Crippen LogP) is 6.01. The summed E-state index contributed by atoms with van der Waals surface area (Å²) in [5.41, 5.74) is 7.32. The Morgan fingerprint density at radius 3 is 2.51 bits per heavy atom. The predicted molar refractivity (Wildman–Crippen MR) is 144 cm³/mol. The van der Waals surface area contributed by atoms with Crippen LogP contribution >= 0.6 is 11.8 Å². The van der Waals surface area contributed by atoms with E-state index in [0.717, 1.165) is 45.3 Å². The molecule has 0 radical (unpaired) electrons. The van der Waals surface area contributed by atoms with Gasteiger partial charge in [0.2, 0.25) is 5.91 Å². The van der Waals surface area contributed by atoms with Gasteiger partial charge >= 0.3 is 0 Å². The van der Waals surface area contributed by atoms with E-state index in [0.29, 0.717) is 16.5 Å². The summed E-state index contributed by atoms with van der Waals surface area (Å²) in [5, 5.41) is 2.35. The Morgan fingerprint density at radius 1 is 1.11 bits per heavy atom. The Balaban J connectivity index is 1.53. The van der Waals surface area contributed by atoms with Crippen molar-refractivity contribution in [3.05, 3.63) is 63.1 Å². The average Bonchev–Trinajstić information content (AvgIpc) is 3.03. The molecule has 2 aromatic carbocycles. The molecule has 7 heteroatoms. The van der Waals surface area contributed by atoms with Crippen molar-refractivity contribution in [2.24, 2.45) is 0 Å². The molecule has 2 heterocycles. The first-order valence-electron chi connectivity index (χ1n) is 11.9. The molecule has 1 saturated heterocycles. The lowest BCUT2D eigenvalue weighted by Crippen LogP contribution is -2.45. The van der Waals surface area contributed by atoms with Crippen molar-refractivity contribution in [3.8, 4) is 0 Å². The number of anilines is 2. The molecule has 0 saturated carbocycles. The summed E-state index contributed by atoms with van der Waals surface area (Å²) in [5.74, 6) is -0.451. The molecule has 2 aliphatic rings. The Kier molecular flexibility index (Phi) is 6.58. The van der Waals surface area contributed by atoms with Crippen LogP contribution < -0.4 is 10.2 Å². The molecule has 4 rings (SSSR count). The number of imide groups is 1. The zero-order chi connectivity index (χ0) is 25.7. The fourth-order valence-corrected chi connectivity index (χ4v) is 5.66. The highest BCUT2D eigenvalue weighted by molar-refractivity contribution is 8.18. The van der Waals surface area contributed by atoms with Crippen molar-refractivity contribution < 1.29 is 14.4 Å². The highest BCUT2D eigenvalue weighted by atomic mass is 32.2. The maximum absolute atomic E-state index is 13.0. The third-order valence-corrected chi connectivity index (χ3v) is 8.18. The number of aryl methyl sites for hydroxylation is 3. The standard InChI is InChI=1S/C28H33N3O3S/c1-16-8-9-21(10-17(16)2)29-25(32)15-31-26(33)24(35-27(31)34)13-20-12-22-19(4)14-28(5,6)30(7)23(22)11-18(20)3/h8-13,19H,14-15H2,1-7H3,(H,29,32)/b24-13+. The quantitative estimate of drug-likeness (QED) is 0.531. The topological polar surface area (TPSA) is 69.7 Å². The van der Waals surface area contributed by atoms with Crippen molar-refractivity contribution in [1.82, 2.24) is 4.90 Å². The number of carbonyl (C=O) groups excluding carboxylic acids is 3. The lowest BCUT2D eigenvalue weighted by atomic mass is 9.79. The minimum Gasteiger partial charge on any atom is -0.369 e. The maximum atomic E-state index is 13.0. The molecule has 1 unspecified atom stereocenters. The van der Waals surface area contributed by atoms with Gasteiger partial charge in [-0.2, -0.15) is 0 Å². The molecule has 2 aliphatic heterocycles. The minimum atomic E-state index is -0.432. The van der Waals surface area contributed by atoms with Gasteiger partial charge in [0.05, 0.1) is 4.91 Å². The van der Waals surface area contributed by atoms with Crippen molar-refractivity contribution >= 4 is 46.3 Å². The zero-order valence-corrected chi connectivity index (χ0v) is 22.3. The van der Waals surface area contributed by atoms with Gasteiger partial charge in [-0.05, 0) is 117 Å². The highest BCUT2D eigenvalue weighted by Crippen LogP contribution is 2.44. The van der Waals surface area contributed by atoms with Gasteiger partial charge in [0.25, 0.3) is 11.1 Å². The molecule has 0 bridgehead atoms. The van der Waals surface area contributed by atoms with Gasteiger partial charge in [-0.1, -0.05) is 13.0 Å². The summed E-state index contributed by atoms with van der Waals surface area (Å²) >= 11 is 0.885. The van der Waals surface area contributed by atoms with Gasteiger partial charge in [-0.25, -0.2) is 0 Å². The Hall–Kier alpha value is -3.06. The highest BCUT2D eigenvalue weighted by Gasteiger charge is 2.37. The first kappa shape index (κ1) is 25.0. The van der Waals surface area contributed by atoms with Crippen LogP contribution in [0.25, 0.3) is 6.08 Å². The summed E-state index contributed by atoms with van der Waals surface area (Å²) < 4.78 is 0. The summed E-state index contributed by atoms with van der Waals surface area (Å²) in [6.45, 7) is 12.4. The first-order chi connectivity index (χ1) is 16.4. The van der Waals surface area contributed by atoms with E-state index in [1.807, 2.05) is 39.0 Å². The third-order valence-electron chi connectivity index (χ3n) is 7.27. The molecule has 3 amide bonds. The third kappa shape index (κ3) is 4.87. The summed E-state index contributed by atoms with van der Waals surface area (Å²) in [6, 6.07) is 9.92. The average molecular weight is 492 g/mol. The normalized spacial score (nSPS) is 20.4. The van der Waals surface area contributed by atoms with Crippen LogP contribution in [0.15, 0.2) is 35.2 Å². The van der Waals surface area contributed by atoms with Crippen molar-refractivity contribution in [3.63, 3.8) is 0 Å². The molecule has 0 aromatic heterocycles. The van der Waals surface area contributed by atoms with Crippen molar-refractivity contribution in [1.29, 1.82) is 0 Å². The number of hydrogen-bond acceptors (Lipinski definition) is 5. The van der Waals surface area contributed by atoms with E-state index in [9.17, 15) is 14.4 Å². The van der Waals surface area contributed by atoms with Crippen molar-refractivity contribution in [2.45, 2.75) is 59.4 Å². The van der Waals surface area contributed by atoms with Crippen LogP contribution in [0, 0.1) is 20.8 Å². The summed E-state index contributed by atoms with van der Waals surface area (Å²) in [7, 11) is 2.12. The minimum absolute atomic E-state index is 0.0703. The smallest absolute Gasteiger partial charge is 0.294 e. The Morgan fingerprint density at radius 2 is 1.83 bits per heavy atom. The second-order valence-electron chi connectivity index (χ2n) is 10.4. The molecule has 2 aromatic rings. The van der Waals surface area contributed by atoms with Crippen LogP contribution in [0.5, 0.6) is 0 Å². The van der Waals surface area contributed by atoms with E-state index >= 15 is 0 Å². The van der Waals surface area contributed by atoms with Crippen LogP contribution in [0.4, 0.5) is 16.2 Å². The summed E-state index contributed by atoms with van der Waals surface area (Å²) in [6.07, 6.45) is 2.82. The number of nitrogens with one attached hydrogen (secondary N) is 1. The Bertz CT molecular complexity index is 1260. The van der Waals surface area contributed by atoms with Crippen LogP contribution in [-0.2, 0) is 9.59 Å². The number of nitrogens with zero attached hydrogens (tertiary/aromatic N) is 2. The SMILES string of the molecule is Cc1ccc(NC(=O)CN2C(=O)S/C(=C/c3cc4c(cc3C)N(C)C(C)(C)CC4C)C2=O)cc1C. The van der Waals surface area contributed by atoms with Gasteiger partial charge in [0.1, 0.15) is 6.54 Å². The van der Waals surface area contributed by atoms with E-state index in [1.165, 1.54) is 11.3 Å². The molecular formula is C28H33N3O3S. The van der Waals surface area contributed by atoms with Crippen LogP contribution in [0.2, 0.25) is 0 Å². The molecule has 184 valence electrons. The second kappa shape index (κ2) is 9.19. The fraction of sp³-hybridized carbons (Fsp3) is 0.393. The number of carbonyl (C=O) groups is 3. The van der Waals surface area contributed by atoms with Gasteiger partial charge in [-0.15, -0.1) is 0 Å². The van der Waals surface area contributed by atoms with Crippen molar-refractivity contribution in [2.75, 3.05) is 23.8 Å². The lowest BCUT2D eigenvalue weighted by Gasteiger charge is -2.45. The van der Waals surface area contributed by atoms with Gasteiger partial charge in [-0.3, -0.25) is 19.3 Å². The largest absolute Gasteiger partial charge is 0.369 e. The molecule has 6 nitrogen and oxygen atoms in total. The number of amides is 3. The summed E-state index contributed by atoms with van der Waals surface area (Å²) in [4.78, 5) is 41.9. The molecule has 1 fully saturated rings. The molecule has 1 atom stereocenters. The van der Waals surface area contributed by atoms with Crippen LogP contribution in [0.3, 0.4) is 0 Å². The monoisotopic (exact) mass is 491 g/mol. The van der Waals surface area contributed by atoms with Gasteiger partial charge in [0.15, 0.2) is 0 Å². The molecule has 0 spiro atoms. The van der Waals surface area contributed by atoms with Crippen LogP contribution in [-0.4, -0.2) is 41.1 Å². The number of fused-ring (bicyclic) bond motifs is 1. The molecular weight excluding hydrogens is 458 g/mol. The molecule has 1 N–H and O–H groups in total. The van der Waals surface area contributed by atoms with E-state index in [-0.39, 0.29) is 12.1 Å². The Labute approximate surface area is 211 Å². The second-order valence-corrected chi connectivity index (χ2v) is 11.4. The van der Waals surface area contributed by atoms with E-state index in [1.54, 1.807) is 6.08 Å². The lowest BCUT2D eigenvalue weighted by molar-refractivity contribution is -0.127. The zero-order valence-electron chi connectivity index (χ0n) is 21.5. The number of thioether (sulfide) groups is 1. The van der Waals surface area contributed by atoms with Gasteiger partial charge < -0.3 is 10.2 Å². The number of hydrogen-bond donors (Lipinski definition) is 1. The van der Waals surface area contributed by atoms with Crippen LogP contribution in [0.1, 0.15) is 60.9 Å². The molecule has 0 aliphatic carbocycles. The number of rotatable bonds is 4. The number of benzene rings is 2.